The predicted molar refractivity (Wildman–Crippen MR) is 134 cm³/mol. The van der Waals surface area contributed by atoms with Crippen molar-refractivity contribution < 1.29 is 18.7 Å². The van der Waals surface area contributed by atoms with Gasteiger partial charge in [-0.05, 0) is 48.9 Å². The van der Waals surface area contributed by atoms with E-state index in [1.165, 1.54) is 12.1 Å². The smallest absolute Gasteiger partial charge is 0.323 e. The number of pyridine rings is 1. The van der Waals surface area contributed by atoms with Crippen molar-refractivity contribution in [3.8, 4) is 22.8 Å². The lowest BCUT2D eigenvalue weighted by Crippen LogP contribution is -2.22. The normalized spacial score (nSPS) is 13.1. The summed E-state index contributed by atoms with van der Waals surface area (Å²) in [6.45, 7) is 2.92. The van der Waals surface area contributed by atoms with Gasteiger partial charge in [-0.25, -0.2) is 9.18 Å². The van der Waals surface area contributed by atoms with Crippen LogP contribution in [0.4, 0.5) is 26.2 Å². The fourth-order valence-corrected chi connectivity index (χ4v) is 3.97. The van der Waals surface area contributed by atoms with Crippen molar-refractivity contribution in [3.63, 3.8) is 0 Å². The number of hydrogen-bond acceptors (Lipinski definition) is 6. The maximum Gasteiger partial charge on any atom is 0.323 e. The fraction of sp³-hybridized carbons (Fsp3) is 0.154. The van der Waals surface area contributed by atoms with E-state index in [1.807, 2.05) is 17.9 Å². The van der Waals surface area contributed by atoms with E-state index in [4.69, 9.17) is 4.74 Å². The van der Waals surface area contributed by atoms with Crippen LogP contribution in [0.1, 0.15) is 12.0 Å². The van der Waals surface area contributed by atoms with E-state index in [9.17, 15) is 14.0 Å². The Morgan fingerprint density at radius 1 is 1.11 bits per heavy atom. The Balaban J connectivity index is 1.24. The van der Waals surface area contributed by atoms with Crippen molar-refractivity contribution in [2.45, 2.75) is 13.3 Å². The van der Waals surface area contributed by atoms with E-state index in [-0.39, 0.29) is 17.2 Å². The SMILES string of the molecule is Cc1cc(NC(=O)Nc2ccc(Oc3ccnc(-c4cn[nH]c4)c3)cc2F)cc(N2CCC(=O)C2)c1. The maximum atomic E-state index is 14.7. The third-order valence-corrected chi connectivity index (χ3v) is 5.66. The molecule has 2 amide bonds. The molecule has 10 heteroatoms. The summed E-state index contributed by atoms with van der Waals surface area (Å²) >= 11 is 0. The molecule has 2 aromatic carbocycles. The third kappa shape index (κ3) is 5.33. The number of aromatic nitrogens is 3. The molecule has 9 nitrogen and oxygen atoms in total. The first-order valence-electron chi connectivity index (χ1n) is 11.3. The minimum atomic E-state index is -0.646. The van der Waals surface area contributed by atoms with Gasteiger partial charge >= 0.3 is 6.03 Å². The van der Waals surface area contributed by atoms with E-state index in [0.29, 0.717) is 36.6 Å². The van der Waals surface area contributed by atoms with Crippen LogP contribution in [0.3, 0.4) is 0 Å². The Labute approximate surface area is 206 Å². The number of Topliss-reactive ketones (excluding diaryl/α,β-unsaturated/α-hetero) is 1. The molecule has 1 aliphatic heterocycles. The highest BCUT2D eigenvalue weighted by Crippen LogP contribution is 2.28. The van der Waals surface area contributed by atoms with Gasteiger partial charge < -0.3 is 20.3 Å². The number of benzene rings is 2. The number of aryl methyl sites for hydroxylation is 1. The number of nitrogens with zero attached hydrogens (tertiary/aromatic N) is 3. The van der Waals surface area contributed by atoms with Crippen LogP contribution < -0.4 is 20.3 Å². The van der Waals surface area contributed by atoms with Gasteiger partial charge in [-0.1, -0.05) is 0 Å². The van der Waals surface area contributed by atoms with Gasteiger partial charge in [0.2, 0.25) is 0 Å². The van der Waals surface area contributed by atoms with Crippen molar-refractivity contribution in [3.05, 3.63) is 78.5 Å². The third-order valence-electron chi connectivity index (χ3n) is 5.66. The van der Waals surface area contributed by atoms with E-state index < -0.39 is 11.8 Å². The first-order valence-corrected chi connectivity index (χ1v) is 11.3. The lowest BCUT2D eigenvalue weighted by atomic mass is 10.2. The van der Waals surface area contributed by atoms with E-state index in [1.54, 1.807) is 48.9 Å². The number of hydrogen-bond donors (Lipinski definition) is 3. The second kappa shape index (κ2) is 9.87. The molecule has 3 heterocycles. The van der Waals surface area contributed by atoms with Gasteiger partial charge in [-0.3, -0.25) is 14.9 Å². The van der Waals surface area contributed by atoms with Gasteiger partial charge in [0, 0.05) is 54.4 Å². The van der Waals surface area contributed by atoms with Crippen molar-refractivity contribution in [2.75, 3.05) is 28.6 Å². The number of nitrogens with one attached hydrogen (secondary N) is 3. The number of amides is 2. The van der Waals surface area contributed by atoms with Crippen LogP contribution in [-0.2, 0) is 4.79 Å². The molecule has 3 N–H and O–H groups in total. The Hall–Kier alpha value is -4.73. The highest BCUT2D eigenvalue weighted by molar-refractivity contribution is 6.00. The molecule has 0 radical (unpaired) electrons. The summed E-state index contributed by atoms with van der Waals surface area (Å²) in [7, 11) is 0. The summed E-state index contributed by atoms with van der Waals surface area (Å²) in [5.41, 5.74) is 3.80. The van der Waals surface area contributed by atoms with Crippen molar-refractivity contribution in [1.29, 1.82) is 0 Å². The summed E-state index contributed by atoms with van der Waals surface area (Å²) in [5, 5.41) is 11.9. The fourth-order valence-electron chi connectivity index (χ4n) is 3.97. The van der Waals surface area contributed by atoms with Gasteiger partial charge in [0.15, 0.2) is 5.78 Å². The van der Waals surface area contributed by atoms with Crippen LogP contribution in [0.25, 0.3) is 11.3 Å². The van der Waals surface area contributed by atoms with Gasteiger partial charge in [0.1, 0.15) is 17.3 Å². The van der Waals surface area contributed by atoms with Crippen LogP contribution in [0.5, 0.6) is 11.5 Å². The average Bonchev–Trinajstić information content (AvgIpc) is 3.53. The number of H-pyrrole nitrogens is 1. The van der Waals surface area contributed by atoms with Crippen LogP contribution >= 0.6 is 0 Å². The number of anilines is 3. The molecular formula is C26H23FN6O3. The second-order valence-corrected chi connectivity index (χ2v) is 8.45. The molecule has 4 aromatic rings. The van der Waals surface area contributed by atoms with Crippen LogP contribution in [0, 0.1) is 12.7 Å². The summed E-state index contributed by atoms with van der Waals surface area (Å²) in [6, 6.07) is 12.5. The molecule has 182 valence electrons. The van der Waals surface area contributed by atoms with Crippen LogP contribution in [-0.4, -0.2) is 40.1 Å². The number of urea groups is 1. The lowest BCUT2D eigenvalue weighted by Gasteiger charge is -2.19. The minimum absolute atomic E-state index is 0.00619. The Morgan fingerprint density at radius 2 is 1.97 bits per heavy atom. The topological polar surface area (TPSA) is 112 Å². The summed E-state index contributed by atoms with van der Waals surface area (Å²) in [4.78, 5) is 30.4. The molecule has 1 saturated heterocycles. The maximum absolute atomic E-state index is 14.7. The minimum Gasteiger partial charge on any atom is -0.457 e. The molecule has 1 fully saturated rings. The number of halogens is 1. The summed E-state index contributed by atoms with van der Waals surface area (Å²) in [5.74, 6) is 0.293. The molecule has 0 bridgehead atoms. The van der Waals surface area contributed by atoms with E-state index in [2.05, 4.69) is 25.8 Å². The average molecular weight is 487 g/mol. The Bertz CT molecular complexity index is 1420. The van der Waals surface area contributed by atoms with Crippen LogP contribution in [0.15, 0.2) is 67.1 Å². The molecule has 2 aromatic heterocycles. The molecule has 0 atom stereocenters. The number of carbonyl (C=O) groups excluding carboxylic acids is 2. The molecule has 5 rings (SSSR count). The van der Waals surface area contributed by atoms with Gasteiger partial charge in [-0.15, -0.1) is 0 Å². The van der Waals surface area contributed by atoms with Crippen molar-refractivity contribution >= 4 is 28.9 Å². The van der Waals surface area contributed by atoms with Crippen molar-refractivity contribution in [1.82, 2.24) is 15.2 Å². The number of rotatable bonds is 6. The quantitative estimate of drug-likeness (QED) is 0.348. The zero-order valence-corrected chi connectivity index (χ0v) is 19.4. The highest BCUT2D eigenvalue weighted by Gasteiger charge is 2.20. The monoisotopic (exact) mass is 486 g/mol. The second-order valence-electron chi connectivity index (χ2n) is 8.45. The molecule has 36 heavy (non-hydrogen) atoms. The van der Waals surface area contributed by atoms with Gasteiger partial charge in [0.05, 0.1) is 24.1 Å². The van der Waals surface area contributed by atoms with Gasteiger partial charge in [0.25, 0.3) is 0 Å². The number of carbonyl (C=O) groups is 2. The predicted octanol–water partition coefficient (Wildman–Crippen LogP) is 5.13. The molecule has 0 unspecified atom stereocenters. The van der Waals surface area contributed by atoms with Gasteiger partial charge in [-0.2, -0.15) is 5.10 Å². The Kier molecular flexibility index (Phi) is 6.31. The molecule has 0 spiro atoms. The highest BCUT2D eigenvalue weighted by atomic mass is 19.1. The summed E-state index contributed by atoms with van der Waals surface area (Å²) < 4.78 is 20.5. The standard InChI is InChI=1S/C26H23FN6O3/c1-16-8-18(10-19(9-16)33-7-5-20(34)15-33)31-26(35)32-24-3-2-21(11-23(24)27)36-22-4-6-28-25(12-22)17-13-29-30-14-17/h2-4,6,8-14H,5,7,15H2,1H3,(H,29,30)(H2,31,32,35). The molecule has 0 saturated carbocycles. The Morgan fingerprint density at radius 3 is 2.72 bits per heavy atom. The number of aromatic amines is 1. The first-order chi connectivity index (χ1) is 17.4. The first kappa shape index (κ1) is 23.0. The van der Waals surface area contributed by atoms with E-state index in [0.717, 1.165) is 16.8 Å². The molecule has 0 aliphatic carbocycles. The zero-order valence-electron chi connectivity index (χ0n) is 19.4. The number of ether oxygens (including phenoxy) is 1. The molecular weight excluding hydrogens is 463 g/mol. The number of ketones is 1. The lowest BCUT2D eigenvalue weighted by molar-refractivity contribution is -0.116. The van der Waals surface area contributed by atoms with Crippen LogP contribution in [0.2, 0.25) is 0 Å². The summed E-state index contributed by atoms with van der Waals surface area (Å²) in [6.07, 6.45) is 5.46. The van der Waals surface area contributed by atoms with E-state index >= 15 is 0 Å². The van der Waals surface area contributed by atoms with Crippen molar-refractivity contribution in [2.24, 2.45) is 0 Å². The zero-order chi connectivity index (χ0) is 25.1. The largest absolute Gasteiger partial charge is 0.457 e. The molecule has 1 aliphatic rings.